The predicted octanol–water partition coefficient (Wildman–Crippen LogP) is -1.24. The number of amides is 1. The van der Waals surface area contributed by atoms with Crippen LogP contribution in [0, 0.1) is 0 Å². The minimum atomic E-state index is -0.315. The Kier molecular flexibility index (Phi) is 1.48. The lowest BCUT2D eigenvalue weighted by Gasteiger charge is -2.39. The standard InChI is InChI=1S/C9H12N4O/c10-9(14)8-1-7-2-11-5-12-3-6(8)4-13(7)12/h1,4,7,11H,2-3,5H2,(H2,10,14). The van der Waals surface area contributed by atoms with Crippen LogP contribution >= 0.6 is 0 Å². The van der Waals surface area contributed by atoms with E-state index in [9.17, 15) is 4.79 Å². The second kappa shape index (κ2) is 2.59. The van der Waals surface area contributed by atoms with Crippen LogP contribution in [0.25, 0.3) is 0 Å². The van der Waals surface area contributed by atoms with Crippen molar-refractivity contribution in [3.05, 3.63) is 23.4 Å². The summed E-state index contributed by atoms with van der Waals surface area (Å²) < 4.78 is 0. The summed E-state index contributed by atoms with van der Waals surface area (Å²) in [4.78, 5) is 11.2. The number of rotatable bonds is 1. The van der Waals surface area contributed by atoms with Crippen molar-refractivity contribution in [1.82, 2.24) is 15.3 Å². The summed E-state index contributed by atoms with van der Waals surface area (Å²) >= 11 is 0. The maximum Gasteiger partial charge on any atom is 0.248 e. The highest BCUT2D eigenvalue weighted by Gasteiger charge is 2.36. The van der Waals surface area contributed by atoms with Crippen LogP contribution in [0.5, 0.6) is 0 Å². The molecule has 14 heavy (non-hydrogen) atoms. The lowest BCUT2D eigenvalue weighted by atomic mass is 10.0. The predicted molar refractivity (Wildman–Crippen MR) is 50.6 cm³/mol. The quantitative estimate of drug-likeness (QED) is 0.545. The Morgan fingerprint density at radius 3 is 3.29 bits per heavy atom. The first kappa shape index (κ1) is 8.02. The number of hydrogen-bond acceptors (Lipinski definition) is 4. The molecule has 2 bridgehead atoms. The van der Waals surface area contributed by atoms with E-state index in [2.05, 4.69) is 15.3 Å². The van der Waals surface area contributed by atoms with Crippen LogP contribution in [0.4, 0.5) is 0 Å². The minimum Gasteiger partial charge on any atom is -0.366 e. The topological polar surface area (TPSA) is 61.6 Å². The van der Waals surface area contributed by atoms with E-state index in [1.807, 2.05) is 12.3 Å². The third kappa shape index (κ3) is 0.935. The van der Waals surface area contributed by atoms with E-state index in [4.69, 9.17) is 5.73 Å². The van der Waals surface area contributed by atoms with Crippen molar-refractivity contribution >= 4 is 5.91 Å². The molecule has 1 amide bonds. The Morgan fingerprint density at radius 1 is 1.64 bits per heavy atom. The van der Waals surface area contributed by atoms with Crippen LogP contribution in [-0.2, 0) is 4.79 Å². The second-order valence-electron chi connectivity index (χ2n) is 3.82. The number of hydrogen-bond donors (Lipinski definition) is 2. The zero-order valence-corrected chi connectivity index (χ0v) is 7.73. The van der Waals surface area contributed by atoms with Gasteiger partial charge in [0.2, 0.25) is 5.91 Å². The summed E-state index contributed by atoms with van der Waals surface area (Å²) in [5, 5.41) is 7.65. The highest BCUT2D eigenvalue weighted by atomic mass is 16.1. The van der Waals surface area contributed by atoms with Crippen LogP contribution in [-0.4, -0.2) is 41.7 Å². The van der Waals surface area contributed by atoms with Gasteiger partial charge >= 0.3 is 0 Å². The third-order valence-corrected chi connectivity index (χ3v) is 2.93. The first-order chi connectivity index (χ1) is 6.75. The van der Waals surface area contributed by atoms with Crippen molar-refractivity contribution in [2.24, 2.45) is 5.73 Å². The van der Waals surface area contributed by atoms with Gasteiger partial charge in [0.05, 0.1) is 12.7 Å². The molecule has 1 saturated heterocycles. The van der Waals surface area contributed by atoms with Crippen LogP contribution in [0.15, 0.2) is 23.4 Å². The lowest BCUT2D eigenvalue weighted by Crippen LogP contribution is -2.55. The minimum absolute atomic E-state index is 0.248. The molecule has 0 aromatic carbocycles. The number of nitrogens with one attached hydrogen (secondary N) is 1. The Labute approximate surface area is 81.8 Å². The molecule has 0 saturated carbocycles. The van der Waals surface area contributed by atoms with Gasteiger partial charge in [-0.15, -0.1) is 0 Å². The van der Waals surface area contributed by atoms with E-state index in [0.717, 1.165) is 25.3 Å². The number of hydrazine groups is 1. The first-order valence-electron chi connectivity index (χ1n) is 4.72. The van der Waals surface area contributed by atoms with Crippen molar-refractivity contribution in [1.29, 1.82) is 0 Å². The monoisotopic (exact) mass is 192 g/mol. The van der Waals surface area contributed by atoms with Crippen molar-refractivity contribution in [2.45, 2.75) is 6.04 Å². The highest BCUT2D eigenvalue weighted by molar-refractivity contribution is 5.97. The maximum absolute atomic E-state index is 11.2. The average molecular weight is 192 g/mol. The first-order valence-corrected chi connectivity index (χ1v) is 4.72. The molecule has 0 aromatic heterocycles. The van der Waals surface area contributed by atoms with Gasteiger partial charge < -0.3 is 16.1 Å². The molecule has 74 valence electrons. The van der Waals surface area contributed by atoms with Gasteiger partial charge in [-0.3, -0.25) is 4.79 Å². The summed E-state index contributed by atoms with van der Waals surface area (Å²) in [5.41, 5.74) is 7.06. The Bertz CT molecular complexity index is 360. The van der Waals surface area contributed by atoms with Crippen molar-refractivity contribution in [2.75, 3.05) is 19.8 Å². The van der Waals surface area contributed by atoms with Gasteiger partial charge in [-0.05, 0) is 11.6 Å². The number of nitrogens with two attached hydrogens (primary N) is 1. The van der Waals surface area contributed by atoms with Gasteiger partial charge in [0, 0.05) is 24.9 Å². The largest absolute Gasteiger partial charge is 0.366 e. The molecule has 3 aliphatic rings. The molecule has 3 rings (SSSR count). The SMILES string of the molecule is NC(=O)C1=CC2CNCN3CC1=CN23. The third-order valence-electron chi connectivity index (χ3n) is 2.93. The van der Waals surface area contributed by atoms with Gasteiger partial charge in [-0.25, -0.2) is 5.01 Å². The molecule has 0 spiro atoms. The molecular weight excluding hydrogens is 180 g/mol. The fraction of sp³-hybridized carbons (Fsp3) is 0.444. The van der Waals surface area contributed by atoms with Crippen molar-refractivity contribution in [3.8, 4) is 0 Å². The number of carbonyl (C=O) groups excluding carboxylic acids is 1. The van der Waals surface area contributed by atoms with Crippen LogP contribution in [0.3, 0.4) is 0 Å². The maximum atomic E-state index is 11.2. The van der Waals surface area contributed by atoms with E-state index in [-0.39, 0.29) is 11.9 Å². The normalized spacial score (nSPS) is 30.0. The molecule has 0 aromatic rings. The van der Waals surface area contributed by atoms with Crippen molar-refractivity contribution < 1.29 is 4.79 Å². The van der Waals surface area contributed by atoms with Gasteiger partial charge in [-0.2, -0.15) is 0 Å². The zero-order valence-electron chi connectivity index (χ0n) is 7.73. The second-order valence-corrected chi connectivity index (χ2v) is 3.82. The van der Waals surface area contributed by atoms with E-state index < -0.39 is 0 Å². The van der Waals surface area contributed by atoms with Crippen LogP contribution < -0.4 is 11.1 Å². The molecule has 5 nitrogen and oxygen atoms in total. The van der Waals surface area contributed by atoms with E-state index in [0.29, 0.717) is 5.57 Å². The number of carbonyl (C=O) groups is 1. The molecule has 3 heterocycles. The Balaban J connectivity index is 2.00. The molecule has 1 atom stereocenters. The van der Waals surface area contributed by atoms with Gasteiger partial charge in [0.25, 0.3) is 0 Å². The number of primary amides is 1. The smallest absolute Gasteiger partial charge is 0.248 e. The molecule has 3 aliphatic heterocycles. The summed E-state index contributed by atoms with van der Waals surface area (Å²) in [6.07, 6.45) is 4.00. The summed E-state index contributed by atoms with van der Waals surface area (Å²) in [6, 6.07) is 0.248. The molecule has 0 aliphatic carbocycles. The van der Waals surface area contributed by atoms with Gasteiger partial charge in [0.1, 0.15) is 0 Å². The summed E-state index contributed by atoms with van der Waals surface area (Å²) in [6.45, 7) is 2.51. The molecule has 5 heteroatoms. The van der Waals surface area contributed by atoms with Gasteiger partial charge in [-0.1, -0.05) is 0 Å². The fourth-order valence-electron chi connectivity index (χ4n) is 2.27. The molecule has 1 unspecified atom stereocenters. The van der Waals surface area contributed by atoms with E-state index >= 15 is 0 Å². The molecular formula is C9H12N4O. The van der Waals surface area contributed by atoms with Crippen molar-refractivity contribution in [3.63, 3.8) is 0 Å². The lowest BCUT2D eigenvalue weighted by molar-refractivity contribution is -0.114. The summed E-state index contributed by atoms with van der Waals surface area (Å²) in [7, 11) is 0. The average Bonchev–Trinajstić information content (AvgIpc) is 2.56. The Morgan fingerprint density at radius 2 is 2.50 bits per heavy atom. The zero-order chi connectivity index (χ0) is 9.71. The molecule has 3 N–H and O–H groups in total. The molecule has 0 radical (unpaired) electrons. The summed E-state index contributed by atoms with van der Waals surface area (Å²) in [5.74, 6) is -0.315. The number of nitrogens with zero attached hydrogens (tertiary/aromatic N) is 2. The van der Waals surface area contributed by atoms with Crippen LogP contribution in [0.1, 0.15) is 0 Å². The highest BCUT2D eigenvalue weighted by Crippen LogP contribution is 2.30. The van der Waals surface area contributed by atoms with E-state index in [1.54, 1.807) is 0 Å². The van der Waals surface area contributed by atoms with Crippen LogP contribution in [0.2, 0.25) is 0 Å². The Hall–Kier alpha value is -1.33. The fourth-order valence-corrected chi connectivity index (χ4v) is 2.27. The molecule has 1 fully saturated rings. The van der Waals surface area contributed by atoms with E-state index in [1.165, 1.54) is 0 Å². The van der Waals surface area contributed by atoms with Gasteiger partial charge in [0.15, 0.2) is 0 Å².